The fourth-order valence-electron chi connectivity index (χ4n) is 3.63. The molecule has 138 valence electrons. The highest BCUT2D eigenvalue weighted by Crippen LogP contribution is 2.32. The predicted octanol–water partition coefficient (Wildman–Crippen LogP) is 4.79. The summed E-state index contributed by atoms with van der Waals surface area (Å²) in [6, 6.07) is 18.7. The first-order chi connectivity index (χ1) is 13.8. The van der Waals surface area contributed by atoms with Crippen molar-refractivity contribution < 1.29 is 4.79 Å². The van der Waals surface area contributed by atoms with E-state index in [-0.39, 0.29) is 5.91 Å². The van der Waals surface area contributed by atoms with E-state index in [0.717, 1.165) is 33.0 Å². The van der Waals surface area contributed by atoms with Crippen molar-refractivity contribution in [2.45, 2.75) is 17.2 Å². The highest BCUT2D eigenvalue weighted by Gasteiger charge is 2.15. The Morgan fingerprint density at radius 2 is 1.96 bits per heavy atom. The van der Waals surface area contributed by atoms with Crippen LogP contribution >= 0.6 is 23.1 Å². The van der Waals surface area contributed by atoms with Crippen LogP contribution in [0.5, 0.6) is 0 Å². The number of hydrogen-bond acceptors (Lipinski definition) is 5. The molecular formula is C22H17N3OS2. The van der Waals surface area contributed by atoms with Crippen molar-refractivity contribution in [3.8, 4) is 0 Å². The molecule has 1 aliphatic carbocycles. The number of hydrogen-bond donors (Lipinski definition) is 1. The maximum atomic E-state index is 12.1. The van der Waals surface area contributed by atoms with E-state index in [2.05, 4.69) is 45.8 Å². The lowest BCUT2D eigenvalue weighted by Crippen LogP contribution is -2.19. The summed E-state index contributed by atoms with van der Waals surface area (Å²) in [7, 11) is 0. The summed E-state index contributed by atoms with van der Waals surface area (Å²) in [6.45, 7) is 0. The van der Waals surface area contributed by atoms with Gasteiger partial charge < -0.3 is 0 Å². The number of hydrazone groups is 1. The molecule has 1 aliphatic rings. The number of carbonyl (C=O) groups excluding carboxylic acids is 1. The number of thiazole rings is 1. The number of thioether (sulfide) groups is 1. The van der Waals surface area contributed by atoms with Gasteiger partial charge in [-0.1, -0.05) is 54.2 Å². The summed E-state index contributed by atoms with van der Waals surface area (Å²) in [6.07, 6.45) is 3.95. The standard InChI is InChI=1S/C22H17N3OS2/c26-20(13-27-22-24-18-6-1-2-7-19(18)28-22)25-23-12-16-11-10-15-9-8-14-4-3-5-17(16)21(14)15/h1-7,10-12H,8-9,13H2,(H,25,26)/b23-12-. The van der Waals surface area contributed by atoms with Crippen molar-refractivity contribution in [1.82, 2.24) is 10.4 Å². The SMILES string of the molecule is O=C(CSc1nc2ccccc2s1)N/N=C\c1ccc2c3c(cccc13)CC2. The zero-order chi connectivity index (χ0) is 18.9. The van der Waals surface area contributed by atoms with Crippen molar-refractivity contribution in [3.05, 3.63) is 71.3 Å². The van der Waals surface area contributed by atoms with Crippen molar-refractivity contribution in [3.63, 3.8) is 0 Å². The average molecular weight is 404 g/mol. The van der Waals surface area contributed by atoms with Gasteiger partial charge in [0.2, 0.25) is 0 Å². The Bertz CT molecular complexity index is 1190. The molecule has 1 N–H and O–H groups in total. The van der Waals surface area contributed by atoms with Crippen LogP contribution in [0.4, 0.5) is 0 Å². The average Bonchev–Trinajstić information content (AvgIpc) is 3.33. The highest BCUT2D eigenvalue weighted by molar-refractivity contribution is 8.01. The van der Waals surface area contributed by atoms with E-state index in [4.69, 9.17) is 0 Å². The van der Waals surface area contributed by atoms with E-state index in [0.29, 0.717) is 5.75 Å². The van der Waals surface area contributed by atoms with Crippen LogP contribution in [0, 0.1) is 0 Å². The van der Waals surface area contributed by atoms with Gasteiger partial charge in [0.05, 0.1) is 22.2 Å². The van der Waals surface area contributed by atoms with Gasteiger partial charge in [-0.15, -0.1) is 11.3 Å². The minimum atomic E-state index is -0.133. The van der Waals surface area contributed by atoms with Gasteiger partial charge in [-0.05, 0) is 46.9 Å². The number of carbonyl (C=O) groups is 1. The summed E-state index contributed by atoms with van der Waals surface area (Å²) in [5, 5.41) is 6.73. The predicted molar refractivity (Wildman–Crippen MR) is 117 cm³/mol. The molecule has 5 rings (SSSR count). The maximum absolute atomic E-state index is 12.1. The highest BCUT2D eigenvalue weighted by atomic mass is 32.2. The third kappa shape index (κ3) is 3.30. The number of para-hydroxylation sites is 1. The first-order valence-corrected chi connectivity index (χ1v) is 10.9. The lowest BCUT2D eigenvalue weighted by molar-refractivity contribution is -0.118. The Kier molecular flexibility index (Phi) is 4.58. The lowest BCUT2D eigenvalue weighted by atomic mass is 10.0. The molecule has 1 aromatic heterocycles. The van der Waals surface area contributed by atoms with Crippen LogP contribution in [-0.4, -0.2) is 22.9 Å². The number of aryl methyl sites for hydroxylation is 2. The van der Waals surface area contributed by atoms with Crippen molar-refractivity contribution in [2.24, 2.45) is 5.10 Å². The molecule has 4 aromatic rings. The smallest absolute Gasteiger partial charge is 0.250 e. The molecule has 1 heterocycles. The van der Waals surface area contributed by atoms with Crippen LogP contribution in [0.15, 0.2) is 64.0 Å². The number of aromatic nitrogens is 1. The van der Waals surface area contributed by atoms with Crippen LogP contribution in [0.25, 0.3) is 21.0 Å². The molecule has 0 atom stereocenters. The van der Waals surface area contributed by atoms with Crippen molar-refractivity contribution in [1.29, 1.82) is 0 Å². The maximum Gasteiger partial charge on any atom is 0.250 e. The monoisotopic (exact) mass is 403 g/mol. The first kappa shape index (κ1) is 17.4. The number of nitrogens with one attached hydrogen (secondary N) is 1. The quantitative estimate of drug-likeness (QED) is 0.296. The second-order valence-corrected chi connectivity index (χ2v) is 8.94. The summed E-state index contributed by atoms with van der Waals surface area (Å²) >= 11 is 3.04. The normalized spacial score (nSPS) is 13.0. The number of amides is 1. The van der Waals surface area contributed by atoms with Gasteiger partial charge in [0, 0.05) is 5.56 Å². The van der Waals surface area contributed by atoms with E-state index in [1.807, 2.05) is 24.3 Å². The molecule has 3 aromatic carbocycles. The molecule has 6 heteroatoms. The molecule has 0 saturated carbocycles. The first-order valence-electron chi connectivity index (χ1n) is 9.12. The van der Waals surface area contributed by atoms with Crippen LogP contribution in [0.3, 0.4) is 0 Å². The van der Waals surface area contributed by atoms with E-state index < -0.39 is 0 Å². The Hall–Kier alpha value is -2.70. The van der Waals surface area contributed by atoms with Gasteiger partial charge in [-0.2, -0.15) is 5.10 Å². The molecule has 0 bridgehead atoms. The second kappa shape index (κ2) is 7.37. The van der Waals surface area contributed by atoms with Crippen molar-refractivity contribution in [2.75, 3.05) is 5.75 Å². The Morgan fingerprint density at radius 1 is 1.11 bits per heavy atom. The second-order valence-electron chi connectivity index (χ2n) is 6.68. The largest absolute Gasteiger partial charge is 0.272 e. The molecule has 28 heavy (non-hydrogen) atoms. The van der Waals surface area contributed by atoms with Crippen LogP contribution in [0.1, 0.15) is 16.7 Å². The Labute approximate surface area is 170 Å². The molecule has 1 amide bonds. The Morgan fingerprint density at radius 3 is 2.86 bits per heavy atom. The third-order valence-corrected chi connectivity index (χ3v) is 7.08. The molecular weight excluding hydrogens is 386 g/mol. The molecule has 0 fully saturated rings. The number of nitrogens with zero attached hydrogens (tertiary/aromatic N) is 2. The molecule has 0 spiro atoms. The summed E-state index contributed by atoms with van der Waals surface area (Å²) in [5.74, 6) is 0.160. The van der Waals surface area contributed by atoms with Gasteiger partial charge in [0.1, 0.15) is 0 Å². The fourth-order valence-corrected chi connectivity index (χ4v) is 5.49. The molecule has 0 radical (unpaired) electrons. The van der Waals surface area contributed by atoms with E-state index in [1.54, 1.807) is 17.6 Å². The van der Waals surface area contributed by atoms with E-state index in [1.165, 1.54) is 33.7 Å². The van der Waals surface area contributed by atoms with E-state index >= 15 is 0 Å². The minimum absolute atomic E-state index is 0.133. The lowest BCUT2D eigenvalue weighted by Gasteiger charge is -2.05. The van der Waals surface area contributed by atoms with Gasteiger partial charge in [-0.25, -0.2) is 10.4 Å². The van der Waals surface area contributed by atoms with Crippen LogP contribution in [-0.2, 0) is 17.6 Å². The van der Waals surface area contributed by atoms with Gasteiger partial charge in [0.25, 0.3) is 5.91 Å². The third-order valence-electron chi connectivity index (χ3n) is 4.90. The zero-order valence-electron chi connectivity index (χ0n) is 15.0. The van der Waals surface area contributed by atoms with Gasteiger partial charge in [-0.3, -0.25) is 4.79 Å². The summed E-state index contributed by atoms with van der Waals surface area (Å²) < 4.78 is 2.03. The fraction of sp³-hybridized carbons (Fsp3) is 0.136. The number of benzene rings is 3. The number of fused-ring (bicyclic) bond motifs is 1. The van der Waals surface area contributed by atoms with Crippen LogP contribution < -0.4 is 5.43 Å². The molecule has 0 saturated heterocycles. The molecule has 0 unspecified atom stereocenters. The minimum Gasteiger partial charge on any atom is -0.272 e. The zero-order valence-corrected chi connectivity index (χ0v) is 16.6. The molecule has 4 nitrogen and oxygen atoms in total. The van der Waals surface area contributed by atoms with Crippen LogP contribution in [0.2, 0.25) is 0 Å². The topological polar surface area (TPSA) is 54.4 Å². The van der Waals surface area contributed by atoms with E-state index in [9.17, 15) is 4.79 Å². The summed E-state index contributed by atoms with van der Waals surface area (Å²) in [5.41, 5.74) is 7.44. The molecule has 0 aliphatic heterocycles. The summed E-state index contributed by atoms with van der Waals surface area (Å²) in [4.78, 5) is 16.7. The Balaban J connectivity index is 1.24. The van der Waals surface area contributed by atoms with Gasteiger partial charge >= 0.3 is 0 Å². The van der Waals surface area contributed by atoms with Crippen molar-refractivity contribution >= 4 is 56.2 Å². The number of rotatable bonds is 5. The van der Waals surface area contributed by atoms with Gasteiger partial charge in [0.15, 0.2) is 4.34 Å².